The molecule has 0 radical (unpaired) electrons. The van der Waals surface area contributed by atoms with Crippen molar-refractivity contribution in [3.05, 3.63) is 41.9 Å². The normalized spacial score (nSPS) is 19.2. The van der Waals surface area contributed by atoms with Gasteiger partial charge in [-0.1, -0.05) is 19.3 Å². The Morgan fingerprint density at radius 1 is 1.09 bits per heavy atom. The van der Waals surface area contributed by atoms with Crippen molar-refractivity contribution in [2.24, 2.45) is 5.92 Å². The number of rotatable bonds is 6. The lowest BCUT2D eigenvalue weighted by atomic mass is 9.89. The number of amides is 3. The first-order chi connectivity index (χ1) is 16.0. The van der Waals surface area contributed by atoms with E-state index >= 15 is 0 Å². The van der Waals surface area contributed by atoms with Crippen molar-refractivity contribution >= 4 is 23.4 Å². The fraction of sp³-hybridized carbons (Fsp3) is 0.500. The van der Waals surface area contributed by atoms with E-state index < -0.39 is 6.03 Å². The van der Waals surface area contributed by atoms with Crippen LogP contribution in [0.5, 0.6) is 5.75 Å². The van der Waals surface area contributed by atoms with Crippen molar-refractivity contribution in [1.82, 2.24) is 20.2 Å². The number of benzene rings is 1. The van der Waals surface area contributed by atoms with Crippen LogP contribution in [0.4, 0.5) is 16.3 Å². The summed E-state index contributed by atoms with van der Waals surface area (Å²) in [6.45, 7) is 4.81. The van der Waals surface area contributed by atoms with Gasteiger partial charge in [-0.2, -0.15) is 0 Å². The summed E-state index contributed by atoms with van der Waals surface area (Å²) in [5.41, 5.74) is 1.29. The van der Waals surface area contributed by atoms with Gasteiger partial charge in [0.25, 0.3) is 5.91 Å². The molecule has 1 unspecified atom stereocenters. The summed E-state index contributed by atoms with van der Waals surface area (Å²) in [4.78, 5) is 35.4. The fourth-order valence-electron chi connectivity index (χ4n) is 4.63. The van der Waals surface area contributed by atoms with E-state index in [1.165, 1.54) is 50.4 Å². The Kier molecular flexibility index (Phi) is 7.39. The molecule has 2 heterocycles. The highest BCUT2D eigenvalue weighted by Crippen LogP contribution is 2.27. The summed E-state index contributed by atoms with van der Waals surface area (Å²) in [7, 11) is 0. The lowest BCUT2D eigenvalue weighted by Gasteiger charge is -2.26. The van der Waals surface area contributed by atoms with Crippen LogP contribution in [-0.4, -0.2) is 57.6 Å². The number of carbonyl (C=O) groups excluding carboxylic acids is 2. The topological polar surface area (TPSA) is 119 Å². The van der Waals surface area contributed by atoms with Crippen LogP contribution >= 0.6 is 0 Å². The third kappa shape index (κ3) is 6.41. The van der Waals surface area contributed by atoms with Gasteiger partial charge in [-0.05, 0) is 50.3 Å². The van der Waals surface area contributed by atoms with Gasteiger partial charge in [-0.25, -0.2) is 9.78 Å². The number of aryl methyl sites for hydroxylation is 1. The van der Waals surface area contributed by atoms with Gasteiger partial charge < -0.3 is 20.6 Å². The van der Waals surface area contributed by atoms with E-state index in [-0.39, 0.29) is 23.4 Å². The number of aromatic nitrogens is 2. The zero-order valence-corrected chi connectivity index (χ0v) is 19.0. The average Bonchev–Trinajstić information content (AvgIpc) is 3.24. The van der Waals surface area contributed by atoms with E-state index in [4.69, 9.17) is 0 Å². The Bertz CT molecular complexity index is 975. The van der Waals surface area contributed by atoms with Crippen LogP contribution in [0.2, 0.25) is 0 Å². The van der Waals surface area contributed by atoms with E-state index in [0.29, 0.717) is 11.4 Å². The van der Waals surface area contributed by atoms with Crippen LogP contribution in [0.15, 0.2) is 30.6 Å². The minimum absolute atomic E-state index is 0.113. The minimum atomic E-state index is -0.565. The SMILES string of the molecule is Cc1cnc(NC(=O)Nc2ccc(C(=O)NC3CCN(CC4CCCCC4)C3)cc2O)cn1. The molecule has 1 aromatic carbocycles. The highest BCUT2D eigenvalue weighted by molar-refractivity contribution is 6.01. The summed E-state index contributed by atoms with van der Waals surface area (Å²) >= 11 is 0. The van der Waals surface area contributed by atoms with Crippen LogP contribution in [0.25, 0.3) is 0 Å². The van der Waals surface area contributed by atoms with E-state index in [9.17, 15) is 14.7 Å². The molecule has 1 aliphatic carbocycles. The van der Waals surface area contributed by atoms with Crippen LogP contribution in [-0.2, 0) is 0 Å². The van der Waals surface area contributed by atoms with Gasteiger partial charge in [0, 0.05) is 31.2 Å². The predicted molar refractivity (Wildman–Crippen MR) is 126 cm³/mol. The largest absolute Gasteiger partial charge is 0.506 e. The highest BCUT2D eigenvalue weighted by Gasteiger charge is 2.27. The second-order valence-corrected chi connectivity index (χ2v) is 9.08. The van der Waals surface area contributed by atoms with Gasteiger partial charge in [0.05, 0.1) is 23.8 Å². The molecule has 2 aliphatic rings. The van der Waals surface area contributed by atoms with Crippen molar-refractivity contribution in [3.63, 3.8) is 0 Å². The number of aromatic hydroxyl groups is 1. The maximum Gasteiger partial charge on any atom is 0.324 e. The molecule has 1 aromatic heterocycles. The first-order valence-corrected chi connectivity index (χ1v) is 11.7. The highest BCUT2D eigenvalue weighted by atomic mass is 16.3. The molecule has 0 spiro atoms. The van der Waals surface area contributed by atoms with Gasteiger partial charge in [0.1, 0.15) is 5.75 Å². The van der Waals surface area contributed by atoms with Gasteiger partial charge in [0.2, 0.25) is 0 Å². The minimum Gasteiger partial charge on any atom is -0.506 e. The van der Waals surface area contributed by atoms with E-state index in [1.807, 2.05) is 0 Å². The van der Waals surface area contributed by atoms with Gasteiger partial charge in [-0.15, -0.1) is 0 Å². The first kappa shape index (κ1) is 23.0. The quantitative estimate of drug-likeness (QED) is 0.498. The molecule has 1 saturated carbocycles. The summed E-state index contributed by atoms with van der Waals surface area (Å²) in [6.07, 6.45) is 10.6. The smallest absolute Gasteiger partial charge is 0.324 e. The van der Waals surface area contributed by atoms with Crippen LogP contribution < -0.4 is 16.0 Å². The zero-order valence-electron chi connectivity index (χ0n) is 19.0. The molecular formula is C24H32N6O3. The van der Waals surface area contributed by atoms with Gasteiger partial charge in [-0.3, -0.25) is 15.1 Å². The molecule has 1 saturated heterocycles. The number of urea groups is 1. The number of hydrogen-bond donors (Lipinski definition) is 4. The lowest BCUT2D eigenvalue weighted by molar-refractivity contribution is 0.0936. The lowest BCUT2D eigenvalue weighted by Crippen LogP contribution is -2.38. The van der Waals surface area contributed by atoms with Gasteiger partial charge >= 0.3 is 6.03 Å². The maximum absolute atomic E-state index is 12.7. The van der Waals surface area contributed by atoms with Gasteiger partial charge in [0.15, 0.2) is 5.82 Å². The molecule has 4 rings (SSSR count). The number of phenolic OH excluding ortho intramolecular Hbond substituents is 1. The van der Waals surface area contributed by atoms with Crippen LogP contribution in [0, 0.1) is 12.8 Å². The van der Waals surface area contributed by atoms with Crippen molar-refractivity contribution in [1.29, 1.82) is 0 Å². The number of carbonyl (C=O) groups is 2. The molecule has 176 valence electrons. The second kappa shape index (κ2) is 10.6. The summed E-state index contributed by atoms with van der Waals surface area (Å²) in [6, 6.07) is 4.01. The first-order valence-electron chi connectivity index (χ1n) is 11.7. The third-order valence-electron chi connectivity index (χ3n) is 6.38. The Morgan fingerprint density at radius 2 is 1.91 bits per heavy atom. The summed E-state index contributed by atoms with van der Waals surface area (Å²) in [5, 5.41) is 18.5. The van der Waals surface area contributed by atoms with Crippen molar-refractivity contribution in [3.8, 4) is 5.75 Å². The Balaban J connectivity index is 1.27. The van der Waals surface area contributed by atoms with Crippen molar-refractivity contribution < 1.29 is 14.7 Å². The Morgan fingerprint density at radius 3 is 2.64 bits per heavy atom. The van der Waals surface area contributed by atoms with Crippen molar-refractivity contribution in [2.45, 2.75) is 51.5 Å². The number of anilines is 2. The average molecular weight is 453 g/mol. The molecule has 0 bridgehead atoms. The molecule has 1 aliphatic heterocycles. The molecule has 9 heteroatoms. The molecular weight excluding hydrogens is 420 g/mol. The van der Waals surface area contributed by atoms with E-state index in [1.54, 1.807) is 19.2 Å². The Labute approximate surface area is 194 Å². The molecule has 4 N–H and O–H groups in total. The zero-order chi connectivity index (χ0) is 23.2. The summed E-state index contributed by atoms with van der Waals surface area (Å²) in [5.74, 6) is 0.682. The van der Waals surface area contributed by atoms with Crippen LogP contribution in [0.3, 0.4) is 0 Å². The van der Waals surface area contributed by atoms with E-state index in [2.05, 4.69) is 30.8 Å². The van der Waals surface area contributed by atoms with Crippen molar-refractivity contribution in [2.75, 3.05) is 30.3 Å². The molecule has 33 heavy (non-hydrogen) atoms. The number of nitrogens with zero attached hydrogens (tertiary/aromatic N) is 3. The number of likely N-dealkylation sites (tertiary alicyclic amines) is 1. The maximum atomic E-state index is 12.7. The predicted octanol–water partition coefficient (Wildman–Crippen LogP) is 3.52. The summed E-state index contributed by atoms with van der Waals surface area (Å²) < 4.78 is 0. The number of nitrogens with one attached hydrogen (secondary N) is 3. The third-order valence-corrected chi connectivity index (χ3v) is 6.38. The number of hydrogen-bond acceptors (Lipinski definition) is 6. The molecule has 2 fully saturated rings. The fourth-order valence-corrected chi connectivity index (χ4v) is 4.63. The second-order valence-electron chi connectivity index (χ2n) is 9.08. The molecule has 2 aromatic rings. The van der Waals surface area contributed by atoms with E-state index in [0.717, 1.165) is 37.7 Å². The van der Waals surface area contributed by atoms with Crippen LogP contribution in [0.1, 0.15) is 54.6 Å². The molecule has 9 nitrogen and oxygen atoms in total. The molecule has 1 atom stereocenters. The monoisotopic (exact) mass is 452 g/mol. The Hall–Kier alpha value is -3.20. The standard InChI is InChI=1S/C24H32N6O3/c1-16-12-26-22(13-25-16)29-24(33)28-20-8-7-18(11-21(20)31)23(32)27-19-9-10-30(15-19)14-17-5-3-2-4-6-17/h7-8,11-13,17,19,31H,2-6,9-10,14-15H2,1H3,(H,27,32)(H2,26,28,29,33). The molecule has 3 amide bonds. The number of phenols is 1.